The van der Waals surface area contributed by atoms with Crippen LogP contribution in [-0.2, 0) is 13.1 Å². The van der Waals surface area contributed by atoms with Crippen molar-refractivity contribution in [3.05, 3.63) is 88.7 Å². The predicted octanol–water partition coefficient (Wildman–Crippen LogP) is 5.64. The van der Waals surface area contributed by atoms with Gasteiger partial charge < -0.3 is 14.2 Å². The van der Waals surface area contributed by atoms with E-state index in [-0.39, 0.29) is 11.9 Å². The van der Waals surface area contributed by atoms with Crippen molar-refractivity contribution in [3.8, 4) is 5.75 Å². The fourth-order valence-corrected chi connectivity index (χ4v) is 3.48. The van der Waals surface area contributed by atoms with E-state index < -0.39 is 0 Å². The molecule has 0 bridgehead atoms. The Kier molecular flexibility index (Phi) is 6.99. The molecule has 0 radical (unpaired) electrons. The molecule has 0 saturated heterocycles. The predicted molar refractivity (Wildman–Crippen MR) is 118 cm³/mol. The lowest BCUT2D eigenvalue weighted by Crippen LogP contribution is -2.38. The highest BCUT2D eigenvalue weighted by Gasteiger charge is 2.22. The molecule has 1 atom stereocenters. The summed E-state index contributed by atoms with van der Waals surface area (Å²) in [7, 11) is 1.62. The number of hydrogen-bond donors (Lipinski definition) is 0. The van der Waals surface area contributed by atoms with Crippen molar-refractivity contribution in [2.24, 2.45) is 0 Å². The lowest BCUT2D eigenvalue weighted by Gasteiger charge is -2.29. The molecule has 1 amide bonds. The topological polar surface area (TPSA) is 34.5 Å². The van der Waals surface area contributed by atoms with Gasteiger partial charge in [0.25, 0.3) is 5.91 Å². The van der Waals surface area contributed by atoms with Crippen LogP contribution in [0.3, 0.4) is 0 Å². The molecular weight excluding hydrogens is 384 g/mol. The zero-order valence-electron chi connectivity index (χ0n) is 17.1. The maximum absolute atomic E-state index is 13.2. The molecule has 3 rings (SSSR count). The molecule has 3 aromatic rings. The highest BCUT2D eigenvalue weighted by molar-refractivity contribution is 6.31. The summed E-state index contributed by atoms with van der Waals surface area (Å²) in [6.07, 6.45) is 2.92. The Labute approximate surface area is 177 Å². The minimum Gasteiger partial charge on any atom is -0.497 e. The van der Waals surface area contributed by atoms with Gasteiger partial charge in [0.2, 0.25) is 0 Å². The molecule has 0 N–H and O–H groups in total. The van der Waals surface area contributed by atoms with Crippen LogP contribution >= 0.6 is 11.6 Å². The second kappa shape index (κ2) is 9.66. The molecule has 0 spiro atoms. The van der Waals surface area contributed by atoms with Gasteiger partial charge in [-0.3, -0.25) is 4.79 Å². The highest BCUT2D eigenvalue weighted by atomic mass is 35.5. The second-order valence-corrected chi connectivity index (χ2v) is 7.54. The third-order valence-electron chi connectivity index (χ3n) is 5.28. The maximum Gasteiger partial charge on any atom is 0.254 e. The number of carbonyl (C=O) groups is 1. The molecule has 0 fully saturated rings. The Morgan fingerprint density at radius 2 is 1.83 bits per heavy atom. The van der Waals surface area contributed by atoms with Gasteiger partial charge in [-0.2, -0.15) is 0 Å². The summed E-state index contributed by atoms with van der Waals surface area (Å²) in [5, 5.41) is 0.750. The second-order valence-electron chi connectivity index (χ2n) is 7.14. The molecule has 5 heteroatoms. The van der Waals surface area contributed by atoms with Gasteiger partial charge in [0, 0.05) is 35.1 Å². The first-order valence-corrected chi connectivity index (χ1v) is 10.2. The number of amides is 1. The number of rotatable bonds is 8. The smallest absolute Gasteiger partial charge is 0.254 e. The van der Waals surface area contributed by atoms with Crippen molar-refractivity contribution in [3.63, 3.8) is 0 Å². The molecule has 1 aromatic heterocycles. The highest BCUT2D eigenvalue weighted by Crippen LogP contribution is 2.21. The van der Waals surface area contributed by atoms with Crippen LogP contribution in [0.1, 0.15) is 41.9 Å². The summed E-state index contributed by atoms with van der Waals surface area (Å²) in [4.78, 5) is 15.2. The van der Waals surface area contributed by atoms with E-state index in [1.165, 1.54) is 0 Å². The maximum atomic E-state index is 13.2. The van der Waals surface area contributed by atoms with Crippen LogP contribution < -0.4 is 4.74 Å². The fourth-order valence-electron chi connectivity index (χ4n) is 3.28. The number of halogens is 1. The van der Waals surface area contributed by atoms with Crippen molar-refractivity contribution in [2.75, 3.05) is 7.11 Å². The number of aromatic nitrogens is 1. The van der Waals surface area contributed by atoms with Crippen LogP contribution in [0.25, 0.3) is 0 Å². The van der Waals surface area contributed by atoms with Gasteiger partial charge in [0.15, 0.2) is 0 Å². The molecule has 0 aliphatic carbocycles. The monoisotopic (exact) mass is 410 g/mol. The summed E-state index contributed by atoms with van der Waals surface area (Å²) in [5.74, 6) is 0.762. The molecule has 4 nitrogen and oxygen atoms in total. The normalized spacial score (nSPS) is 11.9. The van der Waals surface area contributed by atoms with Crippen molar-refractivity contribution >= 4 is 17.5 Å². The zero-order chi connectivity index (χ0) is 20.8. The summed E-state index contributed by atoms with van der Waals surface area (Å²) in [6.45, 7) is 5.40. The van der Waals surface area contributed by atoms with Gasteiger partial charge in [-0.15, -0.1) is 0 Å². The summed E-state index contributed by atoms with van der Waals surface area (Å²) < 4.78 is 7.36. The van der Waals surface area contributed by atoms with Crippen molar-refractivity contribution in [1.82, 2.24) is 9.47 Å². The fraction of sp³-hybridized carbons (Fsp3) is 0.292. The van der Waals surface area contributed by atoms with Gasteiger partial charge in [-0.05, 0) is 61.4 Å². The van der Waals surface area contributed by atoms with Gasteiger partial charge in [0.1, 0.15) is 5.75 Å². The standard InChI is InChI=1S/C24H27ClN2O2/c1-4-18(2)27(24(28)19-11-13-22(29-3)14-12-19)17-21-9-7-15-26(21)16-20-8-5-6-10-23(20)25/h5-15,18H,4,16-17H2,1-3H3. The van der Waals surface area contributed by atoms with E-state index in [0.717, 1.165) is 28.5 Å². The lowest BCUT2D eigenvalue weighted by molar-refractivity contribution is 0.0667. The third-order valence-corrected chi connectivity index (χ3v) is 5.64. The number of methoxy groups -OCH3 is 1. The van der Waals surface area contributed by atoms with Crippen LogP contribution in [0.15, 0.2) is 66.9 Å². The van der Waals surface area contributed by atoms with Gasteiger partial charge >= 0.3 is 0 Å². The first kappa shape index (κ1) is 21.0. The minimum atomic E-state index is 0.0208. The molecule has 1 heterocycles. The summed E-state index contributed by atoms with van der Waals surface area (Å²) >= 11 is 6.34. The number of nitrogens with zero attached hydrogens (tertiary/aromatic N) is 2. The zero-order valence-corrected chi connectivity index (χ0v) is 17.9. The number of carbonyl (C=O) groups excluding carboxylic acids is 1. The quantitative estimate of drug-likeness (QED) is 0.481. The van der Waals surface area contributed by atoms with Crippen molar-refractivity contribution in [2.45, 2.75) is 39.4 Å². The Hall–Kier alpha value is -2.72. The Balaban J connectivity index is 1.83. The molecule has 0 aliphatic heterocycles. The average molecular weight is 411 g/mol. The average Bonchev–Trinajstić information content (AvgIpc) is 3.19. The van der Waals surface area contributed by atoms with Gasteiger partial charge in [-0.1, -0.05) is 36.7 Å². The molecule has 0 saturated carbocycles. The van der Waals surface area contributed by atoms with E-state index in [1.54, 1.807) is 7.11 Å². The SMILES string of the molecule is CCC(C)N(Cc1cccn1Cc1ccccc1Cl)C(=O)c1ccc(OC)cc1. The van der Waals surface area contributed by atoms with E-state index in [0.29, 0.717) is 18.7 Å². The first-order valence-electron chi connectivity index (χ1n) is 9.86. The van der Waals surface area contributed by atoms with Gasteiger partial charge in [-0.25, -0.2) is 0 Å². The number of benzene rings is 2. The Morgan fingerprint density at radius 1 is 1.10 bits per heavy atom. The molecule has 2 aromatic carbocycles. The van der Waals surface area contributed by atoms with E-state index in [2.05, 4.69) is 24.5 Å². The Bertz CT molecular complexity index is 950. The minimum absolute atomic E-state index is 0.0208. The van der Waals surface area contributed by atoms with Crippen molar-refractivity contribution < 1.29 is 9.53 Å². The summed E-state index contributed by atoms with van der Waals surface area (Å²) in [6, 6.07) is 19.3. The molecule has 0 aliphatic rings. The molecule has 29 heavy (non-hydrogen) atoms. The first-order chi connectivity index (χ1) is 14.0. The Morgan fingerprint density at radius 3 is 2.48 bits per heavy atom. The van der Waals surface area contributed by atoms with Crippen molar-refractivity contribution in [1.29, 1.82) is 0 Å². The largest absolute Gasteiger partial charge is 0.497 e. The van der Waals surface area contributed by atoms with E-state index in [1.807, 2.05) is 65.7 Å². The summed E-state index contributed by atoms with van der Waals surface area (Å²) in [5.41, 5.74) is 2.80. The van der Waals surface area contributed by atoms with Crippen LogP contribution in [0.2, 0.25) is 5.02 Å². The molecule has 152 valence electrons. The van der Waals surface area contributed by atoms with Crippen LogP contribution in [0.4, 0.5) is 0 Å². The number of ether oxygens (including phenoxy) is 1. The van der Waals surface area contributed by atoms with Gasteiger partial charge in [0.05, 0.1) is 13.7 Å². The van der Waals surface area contributed by atoms with Crippen LogP contribution in [-0.4, -0.2) is 28.5 Å². The van der Waals surface area contributed by atoms with E-state index >= 15 is 0 Å². The van der Waals surface area contributed by atoms with Crippen LogP contribution in [0.5, 0.6) is 5.75 Å². The molecule has 1 unspecified atom stereocenters. The third kappa shape index (κ3) is 5.01. The van der Waals surface area contributed by atoms with E-state index in [9.17, 15) is 4.79 Å². The molecular formula is C24H27ClN2O2. The lowest BCUT2D eigenvalue weighted by atomic mass is 10.1. The van der Waals surface area contributed by atoms with Crippen LogP contribution in [0, 0.1) is 0 Å². The van der Waals surface area contributed by atoms with E-state index in [4.69, 9.17) is 16.3 Å². The number of hydrogen-bond acceptors (Lipinski definition) is 2.